The van der Waals surface area contributed by atoms with Gasteiger partial charge in [0.2, 0.25) is 5.91 Å². The molecular formula is C16H23NO4. The number of methoxy groups -OCH3 is 1. The van der Waals surface area contributed by atoms with E-state index in [4.69, 9.17) is 4.74 Å². The predicted molar refractivity (Wildman–Crippen MR) is 79.2 cm³/mol. The van der Waals surface area contributed by atoms with Gasteiger partial charge in [0, 0.05) is 19.1 Å². The Morgan fingerprint density at radius 3 is 2.81 bits per heavy atom. The highest BCUT2D eigenvalue weighted by molar-refractivity contribution is 5.84. The number of carbonyl (C=O) groups excluding carboxylic acids is 1. The highest BCUT2D eigenvalue weighted by atomic mass is 16.5. The number of likely N-dealkylation sites (tertiary alicyclic amines) is 1. The fourth-order valence-electron chi connectivity index (χ4n) is 2.89. The van der Waals surface area contributed by atoms with Crippen LogP contribution in [-0.2, 0) is 4.79 Å². The molecule has 0 spiro atoms. The average Bonchev–Trinajstić information content (AvgIpc) is 2.96. The first-order chi connectivity index (χ1) is 10.1. The Balaban J connectivity index is 2.14. The molecule has 1 amide bonds. The predicted octanol–water partition coefficient (Wildman–Crippen LogP) is 1.00. The molecule has 2 N–H and O–H groups in total. The van der Waals surface area contributed by atoms with Gasteiger partial charge in [0.25, 0.3) is 0 Å². The maximum absolute atomic E-state index is 12.7. The van der Waals surface area contributed by atoms with Crippen LogP contribution in [0.2, 0.25) is 0 Å². The summed E-state index contributed by atoms with van der Waals surface area (Å²) in [6, 6.07) is 7.27. The summed E-state index contributed by atoms with van der Waals surface area (Å²) in [7, 11) is 1.60. The molecule has 0 bridgehead atoms. The number of amides is 1. The molecule has 21 heavy (non-hydrogen) atoms. The van der Waals surface area contributed by atoms with Crippen LogP contribution in [0.5, 0.6) is 5.75 Å². The maximum Gasteiger partial charge on any atom is 0.230 e. The van der Waals surface area contributed by atoms with E-state index in [2.05, 4.69) is 0 Å². The molecule has 1 aliphatic heterocycles. The molecule has 3 unspecified atom stereocenters. The molecule has 0 saturated carbocycles. The van der Waals surface area contributed by atoms with Crippen LogP contribution in [0.3, 0.4) is 0 Å². The Morgan fingerprint density at radius 1 is 1.43 bits per heavy atom. The summed E-state index contributed by atoms with van der Waals surface area (Å²) in [4.78, 5) is 14.4. The minimum atomic E-state index is -0.299. The lowest BCUT2D eigenvalue weighted by molar-refractivity contribution is -0.134. The van der Waals surface area contributed by atoms with Gasteiger partial charge in [-0.2, -0.15) is 0 Å². The highest BCUT2D eigenvalue weighted by Crippen LogP contribution is 2.28. The van der Waals surface area contributed by atoms with Gasteiger partial charge in [-0.1, -0.05) is 12.1 Å². The highest BCUT2D eigenvalue weighted by Gasteiger charge is 2.36. The van der Waals surface area contributed by atoms with Gasteiger partial charge < -0.3 is 19.8 Å². The Bertz CT molecular complexity index is 491. The van der Waals surface area contributed by atoms with Crippen LogP contribution in [0.25, 0.3) is 0 Å². The van der Waals surface area contributed by atoms with Gasteiger partial charge in [-0.25, -0.2) is 0 Å². The topological polar surface area (TPSA) is 70.0 Å². The summed E-state index contributed by atoms with van der Waals surface area (Å²) in [5, 5.41) is 18.7. The summed E-state index contributed by atoms with van der Waals surface area (Å²) >= 11 is 0. The lowest BCUT2D eigenvalue weighted by Gasteiger charge is -2.26. The van der Waals surface area contributed by atoms with Crippen LogP contribution < -0.4 is 4.74 Å². The normalized spacial score (nSPS) is 23.1. The second kappa shape index (κ2) is 6.91. The summed E-state index contributed by atoms with van der Waals surface area (Å²) in [5.74, 6) is 0.467. The maximum atomic E-state index is 12.7. The van der Waals surface area contributed by atoms with Gasteiger partial charge in [-0.3, -0.25) is 4.79 Å². The van der Waals surface area contributed by atoms with E-state index in [0.717, 1.165) is 11.3 Å². The van der Waals surface area contributed by atoms with Crippen LogP contribution >= 0.6 is 0 Å². The number of ether oxygens (including phenoxy) is 1. The first kappa shape index (κ1) is 15.8. The SMILES string of the molecule is COc1cccc(C(C)C(=O)N2CC(CO)CC2CO)c1. The molecule has 0 aromatic heterocycles. The van der Waals surface area contributed by atoms with Crippen molar-refractivity contribution in [2.24, 2.45) is 5.92 Å². The summed E-state index contributed by atoms with van der Waals surface area (Å²) < 4.78 is 5.19. The van der Waals surface area contributed by atoms with Crippen molar-refractivity contribution in [3.63, 3.8) is 0 Å². The molecular weight excluding hydrogens is 270 g/mol. The molecule has 3 atom stereocenters. The third kappa shape index (κ3) is 3.36. The van der Waals surface area contributed by atoms with E-state index in [1.165, 1.54) is 0 Å². The Labute approximate surface area is 125 Å². The Morgan fingerprint density at radius 2 is 2.19 bits per heavy atom. The molecule has 0 aliphatic carbocycles. The first-order valence-corrected chi connectivity index (χ1v) is 7.26. The standard InChI is InChI=1S/C16H23NO4/c1-11(13-4-3-5-15(7-13)21-2)16(20)17-8-12(9-18)6-14(17)10-19/h3-5,7,11-12,14,18-19H,6,8-10H2,1-2H3. The monoisotopic (exact) mass is 293 g/mol. The minimum absolute atomic E-state index is 0.0155. The third-order valence-corrected chi connectivity index (χ3v) is 4.22. The molecule has 116 valence electrons. The summed E-state index contributed by atoms with van der Waals surface area (Å²) in [6.07, 6.45) is 0.656. The molecule has 1 aromatic carbocycles. The lowest BCUT2D eigenvalue weighted by atomic mass is 9.99. The Kier molecular flexibility index (Phi) is 5.20. The van der Waals surface area contributed by atoms with E-state index >= 15 is 0 Å². The largest absolute Gasteiger partial charge is 0.497 e. The second-order valence-electron chi connectivity index (χ2n) is 5.61. The zero-order valence-electron chi connectivity index (χ0n) is 12.5. The van der Waals surface area contributed by atoms with Crippen molar-refractivity contribution in [2.75, 3.05) is 26.9 Å². The summed E-state index contributed by atoms with van der Waals surface area (Å²) in [6.45, 7) is 2.35. The molecule has 1 heterocycles. The van der Waals surface area contributed by atoms with Crippen molar-refractivity contribution in [2.45, 2.75) is 25.3 Å². The van der Waals surface area contributed by atoms with Crippen LogP contribution in [-0.4, -0.2) is 53.9 Å². The Hall–Kier alpha value is -1.59. The molecule has 1 fully saturated rings. The number of hydrogen-bond acceptors (Lipinski definition) is 4. The van der Waals surface area contributed by atoms with E-state index in [0.29, 0.717) is 13.0 Å². The number of nitrogens with zero attached hydrogens (tertiary/aromatic N) is 1. The number of hydrogen-bond donors (Lipinski definition) is 2. The molecule has 5 heteroatoms. The molecule has 1 aliphatic rings. The second-order valence-corrected chi connectivity index (χ2v) is 5.61. The van der Waals surface area contributed by atoms with Crippen LogP contribution in [0, 0.1) is 5.92 Å². The molecule has 2 rings (SSSR count). The fraction of sp³-hybridized carbons (Fsp3) is 0.562. The number of aliphatic hydroxyl groups excluding tert-OH is 2. The molecule has 0 radical (unpaired) electrons. The van der Waals surface area contributed by atoms with E-state index in [1.807, 2.05) is 31.2 Å². The number of rotatable bonds is 5. The lowest BCUT2D eigenvalue weighted by Crippen LogP contribution is -2.40. The van der Waals surface area contributed by atoms with E-state index in [-0.39, 0.29) is 37.0 Å². The molecule has 1 aromatic rings. The van der Waals surface area contributed by atoms with Crippen molar-refractivity contribution in [1.29, 1.82) is 0 Å². The van der Waals surface area contributed by atoms with Crippen LogP contribution in [0.4, 0.5) is 0 Å². The minimum Gasteiger partial charge on any atom is -0.497 e. The molecule has 5 nitrogen and oxygen atoms in total. The average molecular weight is 293 g/mol. The first-order valence-electron chi connectivity index (χ1n) is 7.26. The van der Waals surface area contributed by atoms with E-state index in [9.17, 15) is 15.0 Å². The van der Waals surface area contributed by atoms with E-state index in [1.54, 1.807) is 12.0 Å². The van der Waals surface area contributed by atoms with Crippen LogP contribution in [0.1, 0.15) is 24.8 Å². The van der Waals surface area contributed by atoms with Crippen molar-refractivity contribution in [3.8, 4) is 5.75 Å². The van der Waals surface area contributed by atoms with E-state index < -0.39 is 0 Å². The molecule has 1 saturated heterocycles. The van der Waals surface area contributed by atoms with Crippen molar-refractivity contribution in [3.05, 3.63) is 29.8 Å². The van der Waals surface area contributed by atoms with Gasteiger partial charge in [0.15, 0.2) is 0 Å². The number of benzene rings is 1. The zero-order chi connectivity index (χ0) is 15.4. The summed E-state index contributed by atoms with van der Waals surface area (Å²) in [5.41, 5.74) is 0.892. The number of carbonyl (C=O) groups is 1. The van der Waals surface area contributed by atoms with Gasteiger partial charge in [0.05, 0.1) is 25.7 Å². The fourth-order valence-corrected chi connectivity index (χ4v) is 2.89. The number of aliphatic hydroxyl groups is 2. The van der Waals surface area contributed by atoms with Gasteiger partial charge >= 0.3 is 0 Å². The van der Waals surface area contributed by atoms with Crippen molar-refractivity contribution < 1.29 is 19.7 Å². The quantitative estimate of drug-likeness (QED) is 0.850. The van der Waals surface area contributed by atoms with Gasteiger partial charge in [0.1, 0.15) is 5.75 Å². The van der Waals surface area contributed by atoms with Gasteiger partial charge in [-0.05, 0) is 31.0 Å². The van der Waals surface area contributed by atoms with Crippen molar-refractivity contribution >= 4 is 5.91 Å². The zero-order valence-corrected chi connectivity index (χ0v) is 12.5. The third-order valence-electron chi connectivity index (χ3n) is 4.22. The smallest absolute Gasteiger partial charge is 0.230 e. The van der Waals surface area contributed by atoms with Crippen LogP contribution in [0.15, 0.2) is 24.3 Å². The van der Waals surface area contributed by atoms with Gasteiger partial charge in [-0.15, -0.1) is 0 Å². The van der Waals surface area contributed by atoms with Crippen molar-refractivity contribution in [1.82, 2.24) is 4.90 Å².